The van der Waals surface area contributed by atoms with Crippen molar-refractivity contribution >= 4 is 11.9 Å². The van der Waals surface area contributed by atoms with Crippen molar-refractivity contribution in [2.75, 3.05) is 13.7 Å². The lowest BCUT2D eigenvalue weighted by Gasteiger charge is -2.07. The van der Waals surface area contributed by atoms with Crippen LogP contribution >= 0.6 is 0 Å². The lowest BCUT2D eigenvalue weighted by Crippen LogP contribution is -2.07. The predicted octanol–water partition coefficient (Wildman–Crippen LogP) is 1.46. The fourth-order valence-corrected chi connectivity index (χ4v) is 0.705. The predicted molar refractivity (Wildman–Crippen MR) is 55.6 cm³/mol. The summed E-state index contributed by atoms with van der Waals surface area (Å²) in [5, 5.41) is 7.42. The van der Waals surface area contributed by atoms with Gasteiger partial charge in [0.1, 0.15) is 0 Å². The molecule has 0 saturated heterocycles. The molecule has 1 atom stereocenters. The molecule has 0 fully saturated rings. The molecule has 5 nitrogen and oxygen atoms in total. The van der Waals surface area contributed by atoms with E-state index in [1.807, 2.05) is 6.92 Å². The zero-order chi connectivity index (χ0) is 12.3. The molecule has 0 aliphatic heterocycles. The van der Waals surface area contributed by atoms with Crippen molar-refractivity contribution in [1.29, 1.82) is 0 Å². The molecule has 0 aromatic heterocycles. The summed E-state index contributed by atoms with van der Waals surface area (Å²) in [6.45, 7) is 5.00. The SMILES string of the molecule is CC(=O)O.COC(C)CCCOC(C)=O. The van der Waals surface area contributed by atoms with E-state index < -0.39 is 5.97 Å². The molecule has 90 valence electrons. The van der Waals surface area contributed by atoms with Gasteiger partial charge in [-0.05, 0) is 19.8 Å². The lowest BCUT2D eigenvalue weighted by molar-refractivity contribution is -0.141. The number of carbonyl (C=O) groups is 2. The lowest BCUT2D eigenvalue weighted by atomic mass is 10.2. The highest BCUT2D eigenvalue weighted by molar-refractivity contribution is 5.65. The van der Waals surface area contributed by atoms with Gasteiger partial charge in [-0.1, -0.05) is 0 Å². The van der Waals surface area contributed by atoms with Gasteiger partial charge in [-0.2, -0.15) is 0 Å². The second-order valence-electron chi connectivity index (χ2n) is 3.05. The molecular weight excluding hydrogens is 200 g/mol. The van der Waals surface area contributed by atoms with Gasteiger partial charge in [0.15, 0.2) is 0 Å². The third kappa shape index (κ3) is 24.6. The summed E-state index contributed by atoms with van der Waals surface area (Å²) in [6.07, 6.45) is 2.06. The summed E-state index contributed by atoms with van der Waals surface area (Å²) in [6, 6.07) is 0. The van der Waals surface area contributed by atoms with Crippen molar-refractivity contribution in [3.05, 3.63) is 0 Å². The summed E-state index contributed by atoms with van der Waals surface area (Å²) < 4.78 is 9.76. The van der Waals surface area contributed by atoms with Crippen LogP contribution < -0.4 is 0 Å². The highest BCUT2D eigenvalue weighted by Crippen LogP contribution is 1.99. The van der Waals surface area contributed by atoms with Crippen molar-refractivity contribution in [1.82, 2.24) is 0 Å². The molecule has 0 heterocycles. The van der Waals surface area contributed by atoms with Crippen LogP contribution in [0.4, 0.5) is 0 Å². The normalized spacial score (nSPS) is 10.9. The van der Waals surface area contributed by atoms with Crippen LogP contribution in [-0.4, -0.2) is 36.9 Å². The number of hydrogen-bond donors (Lipinski definition) is 1. The minimum Gasteiger partial charge on any atom is -0.481 e. The quantitative estimate of drug-likeness (QED) is 0.561. The molecule has 0 aliphatic carbocycles. The van der Waals surface area contributed by atoms with Crippen LogP contribution in [0.15, 0.2) is 0 Å². The Morgan fingerprint density at radius 1 is 1.33 bits per heavy atom. The highest BCUT2D eigenvalue weighted by atomic mass is 16.5. The molecule has 15 heavy (non-hydrogen) atoms. The fraction of sp³-hybridized carbons (Fsp3) is 0.800. The number of esters is 1. The zero-order valence-electron chi connectivity index (χ0n) is 9.78. The number of hydrogen-bond acceptors (Lipinski definition) is 4. The van der Waals surface area contributed by atoms with Crippen LogP contribution in [0.5, 0.6) is 0 Å². The van der Waals surface area contributed by atoms with E-state index in [2.05, 4.69) is 0 Å². The maximum absolute atomic E-state index is 10.3. The molecule has 0 aromatic rings. The Morgan fingerprint density at radius 2 is 1.80 bits per heavy atom. The van der Waals surface area contributed by atoms with Gasteiger partial charge in [-0.25, -0.2) is 0 Å². The van der Waals surface area contributed by atoms with Crippen LogP contribution in [0.1, 0.15) is 33.6 Å². The minimum absolute atomic E-state index is 0.213. The number of carboxylic acid groups (broad SMARTS) is 1. The molecule has 0 bridgehead atoms. The summed E-state index contributed by atoms with van der Waals surface area (Å²) in [4.78, 5) is 19.3. The van der Waals surface area contributed by atoms with Gasteiger partial charge >= 0.3 is 5.97 Å². The fourth-order valence-electron chi connectivity index (χ4n) is 0.705. The average molecular weight is 220 g/mol. The van der Waals surface area contributed by atoms with Crippen molar-refractivity contribution in [2.24, 2.45) is 0 Å². The summed E-state index contributed by atoms with van der Waals surface area (Å²) >= 11 is 0. The molecule has 1 N–H and O–H groups in total. The Hall–Kier alpha value is -1.10. The Balaban J connectivity index is 0. The number of methoxy groups -OCH3 is 1. The highest BCUT2D eigenvalue weighted by Gasteiger charge is 1.99. The first kappa shape index (κ1) is 16.3. The maximum atomic E-state index is 10.3. The van der Waals surface area contributed by atoms with E-state index >= 15 is 0 Å². The van der Waals surface area contributed by atoms with Crippen LogP contribution in [0.3, 0.4) is 0 Å². The van der Waals surface area contributed by atoms with Gasteiger partial charge in [-0.3, -0.25) is 9.59 Å². The van der Waals surface area contributed by atoms with Crippen LogP contribution in [0.2, 0.25) is 0 Å². The number of carboxylic acids is 1. The first-order chi connectivity index (χ1) is 6.90. The van der Waals surface area contributed by atoms with Gasteiger partial charge in [0, 0.05) is 21.0 Å². The first-order valence-electron chi connectivity index (χ1n) is 4.75. The molecule has 0 aromatic carbocycles. The summed E-state index contributed by atoms with van der Waals surface area (Å²) in [5.41, 5.74) is 0. The second kappa shape index (κ2) is 11.0. The maximum Gasteiger partial charge on any atom is 0.302 e. The number of rotatable bonds is 5. The minimum atomic E-state index is -0.833. The molecular formula is C10H20O5. The van der Waals surface area contributed by atoms with Crippen molar-refractivity contribution in [3.8, 4) is 0 Å². The second-order valence-corrected chi connectivity index (χ2v) is 3.05. The standard InChI is InChI=1S/C8H16O3.C2H4O2/c1-7(10-3)5-4-6-11-8(2)9;1-2(3)4/h7H,4-6H2,1-3H3;1H3,(H,3,4). The van der Waals surface area contributed by atoms with Gasteiger partial charge in [-0.15, -0.1) is 0 Å². The molecule has 5 heteroatoms. The molecule has 0 amide bonds. The molecule has 0 saturated carbocycles. The largest absolute Gasteiger partial charge is 0.481 e. The Labute approximate surface area is 90.4 Å². The first-order valence-corrected chi connectivity index (χ1v) is 4.75. The van der Waals surface area contributed by atoms with Gasteiger partial charge in [0.05, 0.1) is 12.7 Å². The zero-order valence-corrected chi connectivity index (χ0v) is 9.78. The van der Waals surface area contributed by atoms with E-state index in [4.69, 9.17) is 19.4 Å². The monoisotopic (exact) mass is 220 g/mol. The summed E-state index contributed by atoms with van der Waals surface area (Å²) in [7, 11) is 1.68. The average Bonchev–Trinajstić information content (AvgIpc) is 2.10. The number of aliphatic carboxylic acids is 1. The van der Waals surface area contributed by atoms with E-state index in [0.717, 1.165) is 19.8 Å². The van der Waals surface area contributed by atoms with Gasteiger partial charge < -0.3 is 14.6 Å². The molecule has 0 spiro atoms. The van der Waals surface area contributed by atoms with E-state index in [9.17, 15) is 4.79 Å². The Kier molecular flexibility index (Phi) is 12.0. The molecule has 0 radical (unpaired) electrons. The van der Waals surface area contributed by atoms with Crippen LogP contribution in [-0.2, 0) is 19.1 Å². The van der Waals surface area contributed by atoms with Crippen molar-refractivity contribution in [2.45, 2.75) is 39.7 Å². The smallest absolute Gasteiger partial charge is 0.302 e. The topological polar surface area (TPSA) is 72.8 Å². The van der Waals surface area contributed by atoms with Crippen LogP contribution in [0.25, 0.3) is 0 Å². The van der Waals surface area contributed by atoms with E-state index in [1.165, 1.54) is 6.92 Å². The van der Waals surface area contributed by atoms with E-state index in [1.54, 1.807) is 7.11 Å². The van der Waals surface area contributed by atoms with Crippen molar-refractivity contribution in [3.63, 3.8) is 0 Å². The third-order valence-electron chi connectivity index (χ3n) is 1.46. The number of carbonyl (C=O) groups excluding carboxylic acids is 1. The molecule has 1 unspecified atom stereocenters. The van der Waals surface area contributed by atoms with E-state index in [0.29, 0.717) is 6.61 Å². The summed E-state index contributed by atoms with van der Waals surface area (Å²) in [5.74, 6) is -1.05. The van der Waals surface area contributed by atoms with Gasteiger partial charge in [0.25, 0.3) is 5.97 Å². The number of ether oxygens (including phenoxy) is 2. The van der Waals surface area contributed by atoms with Crippen molar-refractivity contribution < 1.29 is 24.2 Å². The molecule has 0 aliphatic rings. The Bertz CT molecular complexity index is 175. The van der Waals surface area contributed by atoms with E-state index in [-0.39, 0.29) is 12.1 Å². The third-order valence-corrected chi connectivity index (χ3v) is 1.46. The Morgan fingerprint density at radius 3 is 2.13 bits per heavy atom. The van der Waals surface area contributed by atoms with Gasteiger partial charge in [0.2, 0.25) is 0 Å². The van der Waals surface area contributed by atoms with Crippen LogP contribution in [0, 0.1) is 0 Å². The molecule has 0 rings (SSSR count).